The van der Waals surface area contributed by atoms with E-state index >= 15 is 0 Å². The minimum Gasteiger partial charge on any atom is -0.508 e. The molecule has 1 saturated heterocycles. The Labute approximate surface area is 105 Å². The zero-order valence-corrected chi connectivity index (χ0v) is 11.4. The van der Waals surface area contributed by atoms with Crippen LogP contribution in [-0.4, -0.2) is 22.1 Å². The van der Waals surface area contributed by atoms with Crippen LogP contribution >= 0.6 is 15.9 Å². The fraction of sp³-hybridized carbons (Fsp3) is 0.538. The zero-order valence-electron chi connectivity index (χ0n) is 9.83. The molecule has 3 heteroatoms. The van der Waals surface area contributed by atoms with Gasteiger partial charge in [0.15, 0.2) is 0 Å². The second-order valence-corrected chi connectivity index (χ2v) is 6.03. The lowest BCUT2D eigenvalue weighted by Crippen LogP contribution is -2.37. The van der Waals surface area contributed by atoms with E-state index in [0.29, 0.717) is 5.75 Å². The largest absolute Gasteiger partial charge is 0.508 e. The van der Waals surface area contributed by atoms with E-state index in [9.17, 15) is 5.11 Å². The smallest absolute Gasteiger partial charge is 0.120 e. The minimum atomic E-state index is 0.259. The van der Waals surface area contributed by atoms with E-state index in [4.69, 9.17) is 0 Å². The van der Waals surface area contributed by atoms with Crippen LogP contribution in [0, 0.1) is 0 Å². The van der Waals surface area contributed by atoms with Gasteiger partial charge >= 0.3 is 0 Å². The van der Waals surface area contributed by atoms with Gasteiger partial charge in [-0.1, -0.05) is 15.9 Å². The number of phenolic OH excluding ortho intramolecular Hbond substituents is 1. The number of nitrogens with zero attached hydrogens (tertiary/aromatic N) is 1. The summed E-state index contributed by atoms with van der Waals surface area (Å²) in [5.74, 6) is 0.394. The molecule has 0 radical (unpaired) electrons. The number of benzene rings is 1. The molecule has 0 saturated carbocycles. The lowest BCUT2D eigenvalue weighted by Gasteiger charge is -2.31. The van der Waals surface area contributed by atoms with Crippen molar-refractivity contribution >= 4 is 15.9 Å². The highest BCUT2D eigenvalue weighted by molar-refractivity contribution is 9.10. The molecule has 0 amide bonds. The Morgan fingerprint density at radius 1 is 1.44 bits per heavy atom. The first kappa shape index (κ1) is 11.9. The maximum absolute atomic E-state index is 9.82. The average Bonchev–Trinajstić information content (AvgIpc) is 2.52. The number of phenols is 1. The quantitative estimate of drug-likeness (QED) is 0.898. The predicted octanol–water partition coefficient (Wildman–Crippen LogP) is 3.53. The van der Waals surface area contributed by atoms with Gasteiger partial charge in [0, 0.05) is 22.1 Å². The number of rotatable bonds is 2. The molecular weight excluding hydrogens is 266 g/mol. The van der Waals surface area contributed by atoms with Crippen LogP contribution in [-0.2, 0) is 6.54 Å². The molecule has 1 aliphatic heterocycles. The number of likely N-dealkylation sites (tertiary alicyclic amines) is 1. The average molecular weight is 284 g/mol. The highest BCUT2D eigenvalue weighted by Crippen LogP contribution is 2.32. The van der Waals surface area contributed by atoms with E-state index in [2.05, 4.69) is 34.7 Å². The fourth-order valence-corrected chi connectivity index (χ4v) is 2.75. The minimum absolute atomic E-state index is 0.259. The van der Waals surface area contributed by atoms with Gasteiger partial charge in [0.1, 0.15) is 5.75 Å². The van der Waals surface area contributed by atoms with Gasteiger partial charge in [0.25, 0.3) is 0 Å². The molecule has 0 aromatic heterocycles. The molecule has 1 fully saturated rings. The van der Waals surface area contributed by atoms with Crippen LogP contribution in [0.3, 0.4) is 0 Å². The maximum Gasteiger partial charge on any atom is 0.120 e. The van der Waals surface area contributed by atoms with E-state index < -0.39 is 0 Å². The van der Waals surface area contributed by atoms with Crippen LogP contribution in [0.1, 0.15) is 32.3 Å². The molecule has 0 atom stereocenters. The Morgan fingerprint density at radius 2 is 2.19 bits per heavy atom. The number of halogens is 1. The molecule has 16 heavy (non-hydrogen) atoms. The van der Waals surface area contributed by atoms with Crippen molar-refractivity contribution in [1.82, 2.24) is 4.90 Å². The molecule has 1 heterocycles. The standard InChI is InChI=1S/C13H18BrNO/c1-13(2)6-3-7-15(13)9-10-8-11(14)4-5-12(10)16/h4-5,8,16H,3,6-7,9H2,1-2H3. The highest BCUT2D eigenvalue weighted by Gasteiger charge is 2.31. The molecule has 0 unspecified atom stereocenters. The molecule has 1 aromatic carbocycles. The van der Waals surface area contributed by atoms with Gasteiger partial charge in [-0.15, -0.1) is 0 Å². The molecule has 2 rings (SSSR count). The predicted molar refractivity (Wildman–Crippen MR) is 69.5 cm³/mol. The summed E-state index contributed by atoms with van der Waals surface area (Å²) in [5.41, 5.74) is 1.26. The highest BCUT2D eigenvalue weighted by atomic mass is 79.9. The Bertz CT molecular complexity index is 390. The number of aromatic hydroxyl groups is 1. The van der Waals surface area contributed by atoms with E-state index in [1.54, 1.807) is 6.07 Å². The molecule has 0 bridgehead atoms. The lowest BCUT2D eigenvalue weighted by atomic mass is 10.0. The summed E-state index contributed by atoms with van der Waals surface area (Å²) >= 11 is 3.44. The second-order valence-electron chi connectivity index (χ2n) is 5.11. The SMILES string of the molecule is CC1(C)CCCN1Cc1cc(Br)ccc1O. The Kier molecular flexibility index (Phi) is 3.27. The van der Waals surface area contributed by atoms with Gasteiger partial charge < -0.3 is 5.11 Å². The molecule has 88 valence electrons. The van der Waals surface area contributed by atoms with Crippen molar-refractivity contribution < 1.29 is 5.11 Å². The van der Waals surface area contributed by atoms with E-state index in [-0.39, 0.29) is 5.54 Å². The van der Waals surface area contributed by atoms with Crippen LogP contribution in [0.2, 0.25) is 0 Å². The molecule has 0 aliphatic carbocycles. The summed E-state index contributed by atoms with van der Waals surface area (Å²) in [7, 11) is 0. The second kappa shape index (κ2) is 4.38. The summed E-state index contributed by atoms with van der Waals surface area (Å²) in [6.07, 6.45) is 2.49. The Morgan fingerprint density at radius 3 is 2.81 bits per heavy atom. The summed E-state index contributed by atoms with van der Waals surface area (Å²) in [4.78, 5) is 2.44. The van der Waals surface area contributed by atoms with Crippen LogP contribution in [0.15, 0.2) is 22.7 Å². The van der Waals surface area contributed by atoms with Crippen molar-refractivity contribution in [3.63, 3.8) is 0 Å². The normalized spacial score (nSPS) is 20.2. The van der Waals surface area contributed by atoms with Crippen molar-refractivity contribution in [2.24, 2.45) is 0 Å². The third-order valence-corrected chi connectivity index (χ3v) is 3.97. The molecular formula is C13H18BrNO. The first-order chi connectivity index (χ1) is 7.49. The van der Waals surface area contributed by atoms with Gasteiger partial charge in [-0.05, 0) is 51.4 Å². The fourth-order valence-electron chi connectivity index (χ4n) is 2.34. The van der Waals surface area contributed by atoms with Crippen LogP contribution in [0.25, 0.3) is 0 Å². The van der Waals surface area contributed by atoms with Crippen LogP contribution < -0.4 is 0 Å². The monoisotopic (exact) mass is 283 g/mol. The Hall–Kier alpha value is -0.540. The van der Waals surface area contributed by atoms with Crippen LogP contribution in [0.5, 0.6) is 5.75 Å². The van der Waals surface area contributed by atoms with E-state index in [1.807, 2.05) is 12.1 Å². The summed E-state index contributed by atoms with van der Waals surface area (Å²) in [6, 6.07) is 5.63. The van der Waals surface area contributed by atoms with Gasteiger partial charge in [-0.25, -0.2) is 0 Å². The molecule has 0 spiro atoms. The molecule has 1 aromatic rings. The molecule has 1 aliphatic rings. The third kappa shape index (κ3) is 2.41. The number of hydrogen-bond acceptors (Lipinski definition) is 2. The third-order valence-electron chi connectivity index (χ3n) is 3.48. The summed E-state index contributed by atoms with van der Waals surface area (Å²) in [5, 5.41) is 9.82. The van der Waals surface area contributed by atoms with Crippen molar-refractivity contribution in [1.29, 1.82) is 0 Å². The van der Waals surface area contributed by atoms with Crippen LogP contribution in [0.4, 0.5) is 0 Å². The number of hydrogen-bond donors (Lipinski definition) is 1. The van der Waals surface area contributed by atoms with Crippen molar-refractivity contribution in [2.75, 3.05) is 6.54 Å². The summed E-state index contributed by atoms with van der Waals surface area (Å²) in [6.45, 7) is 6.50. The maximum atomic E-state index is 9.82. The molecule has 1 N–H and O–H groups in total. The van der Waals surface area contributed by atoms with Gasteiger partial charge in [0.05, 0.1) is 0 Å². The van der Waals surface area contributed by atoms with E-state index in [1.165, 1.54) is 12.8 Å². The Balaban J connectivity index is 2.17. The zero-order chi connectivity index (χ0) is 11.8. The van der Waals surface area contributed by atoms with Gasteiger partial charge in [0.2, 0.25) is 0 Å². The van der Waals surface area contributed by atoms with Crippen molar-refractivity contribution in [3.05, 3.63) is 28.2 Å². The first-order valence-electron chi connectivity index (χ1n) is 5.71. The summed E-state index contributed by atoms with van der Waals surface area (Å²) < 4.78 is 1.03. The van der Waals surface area contributed by atoms with Crippen molar-refractivity contribution in [3.8, 4) is 5.75 Å². The topological polar surface area (TPSA) is 23.5 Å². The van der Waals surface area contributed by atoms with E-state index in [0.717, 1.165) is 23.1 Å². The van der Waals surface area contributed by atoms with Crippen molar-refractivity contribution in [2.45, 2.75) is 38.8 Å². The lowest BCUT2D eigenvalue weighted by molar-refractivity contribution is 0.165. The van der Waals surface area contributed by atoms with Gasteiger partial charge in [-0.2, -0.15) is 0 Å². The van der Waals surface area contributed by atoms with Gasteiger partial charge in [-0.3, -0.25) is 4.90 Å². The molecule has 2 nitrogen and oxygen atoms in total. The first-order valence-corrected chi connectivity index (χ1v) is 6.51.